The number of hydrogen-bond acceptors (Lipinski definition) is 5. The van der Waals surface area contributed by atoms with E-state index in [4.69, 9.17) is 5.73 Å². The van der Waals surface area contributed by atoms with Crippen molar-refractivity contribution < 1.29 is 16.8 Å². The summed E-state index contributed by atoms with van der Waals surface area (Å²) in [7, 11) is -6.84. The van der Waals surface area contributed by atoms with Crippen LogP contribution < -0.4 is 10.5 Å². The summed E-state index contributed by atoms with van der Waals surface area (Å²) in [5, 5.41) is 0. The Labute approximate surface area is 119 Å². The van der Waals surface area contributed by atoms with Gasteiger partial charge in [-0.25, -0.2) is 21.6 Å². The van der Waals surface area contributed by atoms with Crippen molar-refractivity contribution in [2.75, 3.05) is 11.5 Å². The zero-order valence-electron chi connectivity index (χ0n) is 11.1. The van der Waals surface area contributed by atoms with E-state index in [1.807, 2.05) is 0 Å². The molecule has 0 radical (unpaired) electrons. The van der Waals surface area contributed by atoms with E-state index in [9.17, 15) is 16.8 Å². The average molecular weight is 318 g/mol. The number of sulfonamides is 1. The third kappa shape index (κ3) is 3.57. The molecule has 3 N–H and O–H groups in total. The minimum Gasteiger partial charge on any atom is -0.324 e. The molecule has 8 heteroatoms. The summed E-state index contributed by atoms with van der Waals surface area (Å²) in [4.78, 5) is 0.108. The van der Waals surface area contributed by atoms with Gasteiger partial charge in [-0.1, -0.05) is 12.1 Å². The molecule has 1 saturated heterocycles. The summed E-state index contributed by atoms with van der Waals surface area (Å²) < 4.78 is 49.6. The Bertz CT molecular complexity index is 696. The molecule has 1 aromatic rings. The first-order chi connectivity index (χ1) is 9.20. The second kappa shape index (κ2) is 5.44. The molecule has 1 aromatic carbocycles. The zero-order valence-corrected chi connectivity index (χ0v) is 12.7. The Kier molecular flexibility index (Phi) is 4.19. The molecule has 0 aliphatic carbocycles. The van der Waals surface area contributed by atoms with Crippen LogP contribution in [-0.4, -0.2) is 34.4 Å². The van der Waals surface area contributed by atoms with Gasteiger partial charge in [-0.3, -0.25) is 0 Å². The minimum absolute atomic E-state index is 0.0278. The van der Waals surface area contributed by atoms with Crippen molar-refractivity contribution >= 4 is 19.9 Å². The largest absolute Gasteiger partial charge is 0.324 e. The molecule has 2 rings (SSSR count). The molecule has 2 atom stereocenters. The smallest absolute Gasteiger partial charge is 0.240 e. The molecule has 0 spiro atoms. The lowest BCUT2D eigenvalue weighted by Crippen LogP contribution is -2.35. The lowest BCUT2D eigenvalue weighted by molar-refractivity contribution is 0.562. The summed E-state index contributed by atoms with van der Waals surface area (Å²) >= 11 is 0. The van der Waals surface area contributed by atoms with Crippen molar-refractivity contribution in [2.45, 2.75) is 30.3 Å². The van der Waals surface area contributed by atoms with E-state index in [2.05, 4.69) is 4.72 Å². The fourth-order valence-electron chi connectivity index (χ4n) is 2.14. The third-order valence-corrected chi connectivity index (χ3v) is 6.53. The van der Waals surface area contributed by atoms with Crippen LogP contribution in [0.3, 0.4) is 0 Å². The Morgan fingerprint density at radius 2 is 2.10 bits per heavy atom. The number of sulfone groups is 1. The Morgan fingerprint density at radius 1 is 1.40 bits per heavy atom. The highest BCUT2D eigenvalue weighted by Gasteiger charge is 2.31. The predicted molar refractivity (Wildman–Crippen MR) is 76.4 cm³/mol. The van der Waals surface area contributed by atoms with Crippen LogP contribution >= 0.6 is 0 Å². The van der Waals surface area contributed by atoms with E-state index in [1.165, 1.54) is 12.1 Å². The lowest BCUT2D eigenvalue weighted by Gasteiger charge is -2.13. The molecule has 20 heavy (non-hydrogen) atoms. The van der Waals surface area contributed by atoms with Gasteiger partial charge in [0.25, 0.3) is 0 Å². The first-order valence-corrected chi connectivity index (χ1v) is 9.58. The highest BCUT2D eigenvalue weighted by molar-refractivity contribution is 7.92. The summed E-state index contributed by atoms with van der Waals surface area (Å²) in [5.41, 5.74) is 6.45. The first kappa shape index (κ1) is 15.4. The predicted octanol–water partition coefficient (Wildman–Crippen LogP) is 0.172. The van der Waals surface area contributed by atoms with Crippen molar-refractivity contribution in [2.24, 2.45) is 5.73 Å². The van der Waals surface area contributed by atoms with Gasteiger partial charge in [0.15, 0.2) is 9.84 Å². The molecule has 6 nitrogen and oxygen atoms in total. The quantitative estimate of drug-likeness (QED) is 0.823. The summed E-state index contributed by atoms with van der Waals surface area (Å²) in [6.45, 7) is 1.77. The summed E-state index contributed by atoms with van der Waals surface area (Å²) in [6.07, 6.45) is 0.314. The fourth-order valence-corrected chi connectivity index (χ4v) is 5.24. The number of benzene rings is 1. The standard InChI is InChI=1S/C12H18N2O4S2/c1-9(13)10-3-2-4-12(7-10)20(17,18)14-11-5-6-19(15,16)8-11/h2-4,7,9,11,14H,5-6,8,13H2,1H3. The maximum Gasteiger partial charge on any atom is 0.240 e. The van der Waals surface area contributed by atoms with Crippen LogP contribution in [0.1, 0.15) is 24.9 Å². The van der Waals surface area contributed by atoms with Crippen LogP contribution in [0.25, 0.3) is 0 Å². The van der Waals surface area contributed by atoms with Crippen LogP contribution in [0.5, 0.6) is 0 Å². The molecular weight excluding hydrogens is 300 g/mol. The second-order valence-electron chi connectivity index (χ2n) is 5.08. The molecular formula is C12H18N2O4S2. The van der Waals surface area contributed by atoms with Crippen molar-refractivity contribution in [3.8, 4) is 0 Å². The van der Waals surface area contributed by atoms with Crippen LogP contribution in [0, 0.1) is 0 Å². The maximum atomic E-state index is 12.2. The van der Waals surface area contributed by atoms with Gasteiger partial charge in [0.2, 0.25) is 10.0 Å². The van der Waals surface area contributed by atoms with E-state index in [1.54, 1.807) is 19.1 Å². The van der Waals surface area contributed by atoms with Gasteiger partial charge in [-0.15, -0.1) is 0 Å². The van der Waals surface area contributed by atoms with Crippen LogP contribution in [0.4, 0.5) is 0 Å². The normalized spacial score (nSPS) is 23.6. The molecule has 1 fully saturated rings. The second-order valence-corrected chi connectivity index (χ2v) is 9.03. The molecule has 112 valence electrons. The van der Waals surface area contributed by atoms with Gasteiger partial charge in [0.05, 0.1) is 16.4 Å². The van der Waals surface area contributed by atoms with Crippen molar-refractivity contribution in [3.05, 3.63) is 29.8 Å². The third-order valence-electron chi connectivity index (χ3n) is 3.25. The molecule has 1 aliphatic rings. The van der Waals surface area contributed by atoms with Gasteiger partial charge in [0.1, 0.15) is 0 Å². The first-order valence-electron chi connectivity index (χ1n) is 6.28. The van der Waals surface area contributed by atoms with E-state index in [-0.39, 0.29) is 22.4 Å². The van der Waals surface area contributed by atoms with Crippen LogP contribution in [0.15, 0.2) is 29.2 Å². The molecule has 0 amide bonds. The molecule has 0 bridgehead atoms. The summed E-state index contributed by atoms with van der Waals surface area (Å²) in [5.74, 6) is -0.112. The van der Waals surface area contributed by atoms with Gasteiger partial charge in [0, 0.05) is 12.1 Å². The van der Waals surface area contributed by atoms with Crippen LogP contribution in [0.2, 0.25) is 0 Å². The van der Waals surface area contributed by atoms with Gasteiger partial charge >= 0.3 is 0 Å². The molecule has 2 unspecified atom stereocenters. The highest BCUT2D eigenvalue weighted by Crippen LogP contribution is 2.18. The Balaban J connectivity index is 2.21. The highest BCUT2D eigenvalue weighted by atomic mass is 32.2. The Morgan fingerprint density at radius 3 is 2.65 bits per heavy atom. The minimum atomic E-state index is -3.72. The Hall–Kier alpha value is -0.960. The van der Waals surface area contributed by atoms with Gasteiger partial charge < -0.3 is 5.73 Å². The number of hydrogen-bond donors (Lipinski definition) is 2. The fraction of sp³-hybridized carbons (Fsp3) is 0.500. The summed E-state index contributed by atoms with van der Waals surface area (Å²) in [6, 6.07) is 5.54. The number of rotatable bonds is 4. The van der Waals surface area contributed by atoms with Crippen molar-refractivity contribution in [1.82, 2.24) is 4.72 Å². The molecule has 1 aliphatic heterocycles. The molecule has 1 heterocycles. The molecule has 0 aromatic heterocycles. The lowest BCUT2D eigenvalue weighted by atomic mass is 10.1. The van der Waals surface area contributed by atoms with Crippen molar-refractivity contribution in [1.29, 1.82) is 0 Å². The van der Waals surface area contributed by atoms with E-state index in [0.29, 0.717) is 12.0 Å². The number of nitrogens with two attached hydrogens (primary N) is 1. The van der Waals surface area contributed by atoms with E-state index in [0.717, 1.165) is 0 Å². The monoisotopic (exact) mass is 318 g/mol. The number of nitrogens with one attached hydrogen (secondary N) is 1. The van der Waals surface area contributed by atoms with E-state index < -0.39 is 25.9 Å². The van der Waals surface area contributed by atoms with Crippen LogP contribution in [-0.2, 0) is 19.9 Å². The van der Waals surface area contributed by atoms with Gasteiger partial charge in [-0.05, 0) is 31.0 Å². The molecule has 0 saturated carbocycles. The van der Waals surface area contributed by atoms with E-state index >= 15 is 0 Å². The SMILES string of the molecule is CC(N)c1cccc(S(=O)(=O)NC2CCS(=O)(=O)C2)c1. The topological polar surface area (TPSA) is 106 Å². The average Bonchev–Trinajstić information content (AvgIpc) is 2.68. The maximum absolute atomic E-state index is 12.2. The van der Waals surface area contributed by atoms with Crippen molar-refractivity contribution in [3.63, 3.8) is 0 Å². The van der Waals surface area contributed by atoms with Gasteiger partial charge in [-0.2, -0.15) is 0 Å². The zero-order chi connectivity index (χ0) is 15.0.